The molecule has 1 saturated carbocycles. The second kappa shape index (κ2) is 8.42. The number of anilines is 1. The smallest absolute Gasteiger partial charge is 0.304 e. The van der Waals surface area contributed by atoms with Crippen LogP contribution in [0.15, 0.2) is 18.2 Å². The van der Waals surface area contributed by atoms with Gasteiger partial charge in [0.2, 0.25) is 5.91 Å². The number of carbonyl (C=O) groups is 2. The number of carboxylic acid groups (broad SMARTS) is 1. The Labute approximate surface area is 162 Å². The zero-order valence-corrected chi connectivity index (χ0v) is 16.6. The summed E-state index contributed by atoms with van der Waals surface area (Å²) < 4.78 is 0. The van der Waals surface area contributed by atoms with Crippen molar-refractivity contribution in [1.29, 1.82) is 0 Å². The van der Waals surface area contributed by atoms with Crippen LogP contribution in [-0.2, 0) is 22.7 Å². The van der Waals surface area contributed by atoms with Gasteiger partial charge in [-0.25, -0.2) is 0 Å². The molecule has 148 valence electrons. The SMILES string of the molecule is CCCN1Cc2cccc(NC(=O)C(C)(CC(=O)O)C3CCCCC3)c2C1. The highest BCUT2D eigenvalue weighted by molar-refractivity contribution is 5.98. The van der Waals surface area contributed by atoms with E-state index in [0.717, 1.165) is 57.4 Å². The molecule has 0 spiro atoms. The van der Waals surface area contributed by atoms with E-state index in [-0.39, 0.29) is 18.2 Å². The van der Waals surface area contributed by atoms with Crippen LogP contribution in [0.3, 0.4) is 0 Å². The first kappa shape index (κ1) is 19.9. The van der Waals surface area contributed by atoms with Crippen molar-refractivity contribution in [2.24, 2.45) is 11.3 Å². The maximum atomic E-state index is 13.3. The molecule has 0 radical (unpaired) electrons. The quantitative estimate of drug-likeness (QED) is 0.744. The largest absolute Gasteiger partial charge is 0.481 e. The first-order valence-electron chi connectivity index (χ1n) is 10.3. The number of aliphatic carboxylic acids is 1. The predicted molar refractivity (Wildman–Crippen MR) is 106 cm³/mol. The summed E-state index contributed by atoms with van der Waals surface area (Å²) in [6.45, 7) is 6.83. The van der Waals surface area contributed by atoms with E-state index in [2.05, 4.69) is 23.2 Å². The number of rotatable bonds is 7. The Kier molecular flexibility index (Phi) is 6.20. The van der Waals surface area contributed by atoms with E-state index < -0.39 is 11.4 Å². The molecule has 1 aliphatic heterocycles. The van der Waals surface area contributed by atoms with Crippen LogP contribution in [0, 0.1) is 11.3 Å². The Balaban J connectivity index is 1.81. The van der Waals surface area contributed by atoms with Gasteiger partial charge in [0.1, 0.15) is 0 Å². The minimum absolute atomic E-state index is 0.111. The van der Waals surface area contributed by atoms with Crippen LogP contribution >= 0.6 is 0 Å². The van der Waals surface area contributed by atoms with Crippen molar-refractivity contribution in [1.82, 2.24) is 4.90 Å². The average molecular weight is 373 g/mol. The van der Waals surface area contributed by atoms with E-state index in [4.69, 9.17) is 0 Å². The molecule has 1 heterocycles. The van der Waals surface area contributed by atoms with Gasteiger partial charge in [-0.3, -0.25) is 14.5 Å². The maximum Gasteiger partial charge on any atom is 0.304 e. The maximum absolute atomic E-state index is 13.3. The molecular formula is C22H32N2O3. The van der Waals surface area contributed by atoms with Gasteiger partial charge in [-0.2, -0.15) is 0 Å². The molecule has 1 atom stereocenters. The normalized spacial score (nSPS) is 20.1. The molecule has 0 saturated heterocycles. The van der Waals surface area contributed by atoms with Gasteiger partial charge in [0.05, 0.1) is 11.8 Å². The fraction of sp³-hybridized carbons (Fsp3) is 0.636. The standard InChI is InChI=1S/C22H32N2O3/c1-3-12-24-14-16-8-7-11-19(18(16)15-24)23-21(27)22(2,13-20(25)26)17-9-5-4-6-10-17/h7-8,11,17H,3-6,9-10,12-15H2,1-2H3,(H,23,27)(H,25,26). The monoisotopic (exact) mass is 372 g/mol. The molecule has 1 aliphatic carbocycles. The summed E-state index contributed by atoms with van der Waals surface area (Å²) in [5, 5.41) is 12.6. The third-order valence-electron chi connectivity index (χ3n) is 6.38. The van der Waals surface area contributed by atoms with Crippen LogP contribution in [0.2, 0.25) is 0 Å². The third kappa shape index (κ3) is 4.34. The van der Waals surface area contributed by atoms with E-state index >= 15 is 0 Å². The second-order valence-electron chi connectivity index (χ2n) is 8.43. The van der Waals surface area contributed by atoms with E-state index in [0.29, 0.717) is 0 Å². The average Bonchev–Trinajstić information content (AvgIpc) is 3.06. The topological polar surface area (TPSA) is 69.6 Å². The molecule has 27 heavy (non-hydrogen) atoms. The highest BCUT2D eigenvalue weighted by Crippen LogP contribution is 2.42. The second-order valence-corrected chi connectivity index (χ2v) is 8.43. The van der Waals surface area contributed by atoms with Crippen LogP contribution in [0.5, 0.6) is 0 Å². The van der Waals surface area contributed by atoms with Gasteiger partial charge < -0.3 is 10.4 Å². The van der Waals surface area contributed by atoms with E-state index in [1.165, 1.54) is 17.5 Å². The van der Waals surface area contributed by atoms with Crippen molar-refractivity contribution in [3.8, 4) is 0 Å². The number of amides is 1. The summed E-state index contributed by atoms with van der Waals surface area (Å²) in [4.78, 5) is 27.2. The Morgan fingerprint density at radius 3 is 2.63 bits per heavy atom. The molecule has 0 aromatic heterocycles. The van der Waals surface area contributed by atoms with Crippen LogP contribution in [0.1, 0.15) is 69.9 Å². The molecule has 0 bridgehead atoms. The van der Waals surface area contributed by atoms with Crippen molar-refractivity contribution in [2.75, 3.05) is 11.9 Å². The van der Waals surface area contributed by atoms with Crippen LogP contribution in [0.4, 0.5) is 5.69 Å². The molecule has 5 nitrogen and oxygen atoms in total. The first-order chi connectivity index (χ1) is 12.9. The van der Waals surface area contributed by atoms with Gasteiger partial charge in [-0.1, -0.05) is 38.3 Å². The summed E-state index contributed by atoms with van der Waals surface area (Å²) in [5.74, 6) is -0.902. The zero-order chi connectivity index (χ0) is 19.4. The molecule has 2 N–H and O–H groups in total. The number of nitrogens with zero attached hydrogens (tertiary/aromatic N) is 1. The highest BCUT2D eigenvalue weighted by atomic mass is 16.4. The molecule has 3 rings (SSSR count). The lowest BCUT2D eigenvalue weighted by molar-refractivity contribution is -0.145. The van der Waals surface area contributed by atoms with Gasteiger partial charge in [0, 0.05) is 18.8 Å². The Morgan fingerprint density at radius 1 is 1.22 bits per heavy atom. The van der Waals surface area contributed by atoms with Gasteiger partial charge in [0.15, 0.2) is 0 Å². The Morgan fingerprint density at radius 2 is 1.96 bits per heavy atom. The van der Waals surface area contributed by atoms with Crippen LogP contribution < -0.4 is 5.32 Å². The van der Waals surface area contributed by atoms with Crippen molar-refractivity contribution in [3.05, 3.63) is 29.3 Å². The number of hydrogen-bond acceptors (Lipinski definition) is 3. The van der Waals surface area contributed by atoms with Crippen molar-refractivity contribution >= 4 is 17.6 Å². The highest BCUT2D eigenvalue weighted by Gasteiger charge is 2.43. The molecule has 1 fully saturated rings. The fourth-order valence-electron chi connectivity index (χ4n) is 4.81. The summed E-state index contributed by atoms with van der Waals surface area (Å²) in [7, 11) is 0. The number of nitrogens with one attached hydrogen (secondary N) is 1. The minimum Gasteiger partial charge on any atom is -0.481 e. The summed E-state index contributed by atoms with van der Waals surface area (Å²) >= 11 is 0. The number of carboxylic acids is 1. The molecule has 1 amide bonds. The lowest BCUT2D eigenvalue weighted by Gasteiger charge is -2.37. The molecule has 1 unspecified atom stereocenters. The molecule has 1 aromatic rings. The number of hydrogen-bond donors (Lipinski definition) is 2. The number of carbonyl (C=O) groups excluding carboxylic acids is 1. The molecule has 5 heteroatoms. The summed E-state index contributed by atoms with van der Waals surface area (Å²) in [5.41, 5.74) is 2.43. The lowest BCUT2D eigenvalue weighted by Crippen LogP contribution is -2.42. The van der Waals surface area contributed by atoms with Gasteiger partial charge in [0.25, 0.3) is 0 Å². The van der Waals surface area contributed by atoms with E-state index in [1.54, 1.807) is 0 Å². The van der Waals surface area contributed by atoms with Gasteiger partial charge >= 0.3 is 5.97 Å². The van der Waals surface area contributed by atoms with Crippen LogP contribution in [-0.4, -0.2) is 28.4 Å². The minimum atomic E-state index is -0.898. The predicted octanol–water partition coefficient (Wildman–Crippen LogP) is 4.41. The Hall–Kier alpha value is -1.88. The lowest BCUT2D eigenvalue weighted by atomic mass is 9.67. The van der Waals surface area contributed by atoms with Gasteiger partial charge in [-0.15, -0.1) is 0 Å². The molecular weight excluding hydrogens is 340 g/mol. The summed E-state index contributed by atoms with van der Waals surface area (Å²) in [6, 6.07) is 6.06. The first-order valence-corrected chi connectivity index (χ1v) is 10.3. The zero-order valence-electron chi connectivity index (χ0n) is 16.6. The molecule has 2 aliphatic rings. The van der Waals surface area contributed by atoms with E-state index in [1.807, 2.05) is 19.1 Å². The van der Waals surface area contributed by atoms with E-state index in [9.17, 15) is 14.7 Å². The van der Waals surface area contributed by atoms with Crippen molar-refractivity contribution < 1.29 is 14.7 Å². The molecule has 1 aromatic carbocycles. The van der Waals surface area contributed by atoms with Gasteiger partial charge in [-0.05, 0) is 55.8 Å². The number of fused-ring (bicyclic) bond motifs is 1. The third-order valence-corrected chi connectivity index (χ3v) is 6.38. The number of benzene rings is 1. The fourth-order valence-corrected chi connectivity index (χ4v) is 4.81. The Bertz CT molecular complexity index is 697. The van der Waals surface area contributed by atoms with Crippen LogP contribution in [0.25, 0.3) is 0 Å². The van der Waals surface area contributed by atoms with Crippen molar-refractivity contribution in [2.45, 2.75) is 71.9 Å². The summed E-state index contributed by atoms with van der Waals surface area (Å²) in [6.07, 6.45) is 6.22. The van der Waals surface area contributed by atoms with Crippen molar-refractivity contribution in [3.63, 3.8) is 0 Å².